The number of aromatic nitrogens is 2. The van der Waals surface area contributed by atoms with Crippen molar-refractivity contribution in [2.45, 2.75) is 25.0 Å². The van der Waals surface area contributed by atoms with Crippen LogP contribution >= 0.6 is 0 Å². The Hall–Kier alpha value is -2.42. The molecule has 2 fully saturated rings. The van der Waals surface area contributed by atoms with E-state index in [9.17, 15) is 9.59 Å². The smallest absolute Gasteiger partial charge is 0.416 e. The minimum atomic E-state index is -0.456. The van der Waals surface area contributed by atoms with Crippen molar-refractivity contribution in [3.05, 3.63) is 6.20 Å². The van der Waals surface area contributed by atoms with Crippen LogP contribution in [-0.2, 0) is 9.53 Å². The summed E-state index contributed by atoms with van der Waals surface area (Å²) < 4.78 is 10.5. The maximum atomic E-state index is 12.0. The summed E-state index contributed by atoms with van der Waals surface area (Å²) >= 11 is 0. The second-order valence-electron chi connectivity index (χ2n) is 5.74. The molecule has 3 heterocycles. The predicted molar refractivity (Wildman–Crippen MR) is 74.5 cm³/mol. The molecule has 22 heavy (non-hydrogen) atoms. The van der Waals surface area contributed by atoms with E-state index in [0.29, 0.717) is 18.3 Å². The Balaban J connectivity index is 1.53. The van der Waals surface area contributed by atoms with Gasteiger partial charge in [-0.25, -0.2) is 14.8 Å². The highest BCUT2D eigenvalue weighted by atomic mass is 16.6. The summed E-state index contributed by atoms with van der Waals surface area (Å²) in [6.45, 7) is 0.329. The molecular weight excluding hydrogens is 290 g/mol. The lowest BCUT2D eigenvalue weighted by Crippen LogP contribution is -2.43. The Bertz CT molecular complexity index is 645. The lowest BCUT2D eigenvalue weighted by atomic mass is 9.77. The molecule has 1 saturated carbocycles. The van der Waals surface area contributed by atoms with Crippen molar-refractivity contribution in [1.29, 1.82) is 0 Å². The molecule has 9 nitrogen and oxygen atoms in total. The summed E-state index contributed by atoms with van der Waals surface area (Å²) in [5.41, 5.74) is 5.78. The summed E-state index contributed by atoms with van der Waals surface area (Å²) in [6.07, 6.45) is 2.54. The Morgan fingerprint density at radius 3 is 2.95 bits per heavy atom. The highest BCUT2D eigenvalue weighted by Crippen LogP contribution is 2.35. The summed E-state index contributed by atoms with van der Waals surface area (Å²) in [6, 6.07) is 0.202. The second kappa shape index (κ2) is 4.80. The largest absolute Gasteiger partial charge is 0.465 e. The highest BCUT2D eigenvalue weighted by molar-refractivity contribution is 5.94. The molecule has 9 heteroatoms. The van der Waals surface area contributed by atoms with E-state index < -0.39 is 6.09 Å². The number of cyclic esters (lactones) is 1. The van der Waals surface area contributed by atoms with Gasteiger partial charge >= 0.3 is 6.09 Å². The van der Waals surface area contributed by atoms with Gasteiger partial charge in [-0.05, 0) is 12.8 Å². The second-order valence-corrected chi connectivity index (χ2v) is 5.74. The fourth-order valence-electron chi connectivity index (χ4n) is 2.92. The van der Waals surface area contributed by atoms with Crippen molar-refractivity contribution in [2.24, 2.45) is 11.7 Å². The Morgan fingerprint density at radius 2 is 2.18 bits per heavy atom. The van der Waals surface area contributed by atoms with Crippen molar-refractivity contribution >= 4 is 23.6 Å². The molecule has 1 aromatic rings. The van der Waals surface area contributed by atoms with E-state index in [2.05, 4.69) is 15.3 Å². The van der Waals surface area contributed by atoms with Crippen LogP contribution in [0.2, 0.25) is 0 Å². The minimum Gasteiger partial charge on any atom is -0.465 e. The van der Waals surface area contributed by atoms with Crippen LogP contribution < -0.4 is 20.7 Å². The van der Waals surface area contributed by atoms with Gasteiger partial charge in [0.2, 0.25) is 0 Å². The molecule has 3 N–H and O–H groups in total. The molecule has 1 unspecified atom stereocenters. The summed E-state index contributed by atoms with van der Waals surface area (Å²) in [5, 5.41) is 2.57. The molecule has 3 aliphatic rings. The molecule has 0 radical (unpaired) electrons. The van der Waals surface area contributed by atoms with Crippen LogP contribution in [0.1, 0.15) is 12.8 Å². The molecule has 116 valence electrons. The van der Waals surface area contributed by atoms with Gasteiger partial charge in [0.05, 0.1) is 12.7 Å². The van der Waals surface area contributed by atoms with Crippen LogP contribution in [0.5, 0.6) is 5.88 Å². The zero-order valence-corrected chi connectivity index (χ0v) is 11.7. The van der Waals surface area contributed by atoms with Gasteiger partial charge in [-0.15, -0.1) is 0 Å². The van der Waals surface area contributed by atoms with Crippen molar-refractivity contribution in [3.63, 3.8) is 0 Å². The lowest BCUT2D eigenvalue weighted by molar-refractivity contribution is -0.118. The number of ether oxygens (including phenoxy) is 2. The third kappa shape index (κ3) is 2.13. The fraction of sp³-hybridized carbons (Fsp3) is 0.538. The molecule has 1 atom stereocenters. The number of carbonyl (C=O) groups excluding carboxylic acids is 2. The number of fused-ring (bicyclic) bond motifs is 1. The maximum absolute atomic E-state index is 12.0. The molecule has 0 spiro atoms. The first-order valence-corrected chi connectivity index (χ1v) is 7.13. The molecule has 0 bridgehead atoms. The first kappa shape index (κ1) is 13.3. The third-order valence-corrected chi connectivity index (χ3v) is 4.17. The van der Waals surface area contributed by atoms with E-state index in [0.717, 1.165) is 12.8 Å². The summed E-state index contributed by atoms with van der Waals surface area (Å²) in [4.78, 5) is 33.1. The first-order chi connectivity index (χ1) is 10.6. The van der Waals surface area contributed by atoms with Gasteiger partial charge in [-0.2, -0.15) is 0 Å². The molecule has 1 aromatic heterocycles. The number of carbonyl (C=O) groups is 2. The quantitative estimate of drug-likeness (QED) is 0.781. The van der Waals surface area contributed by atoms with E-state index >= 15 is 0 Å². The Labute approximate surface area is 125 Å². The zero-order chi connectivity index (χ0) is 15.3. The Kier molecular flexibility index (Phi) is 2.89. The number of nitrogens with zero attached hydrogens (tertiary/aromatic N) is 3. The van der Waals surface area contributed by atoms with Gasteiger partial charge in [0.15, 0.2) is 18.2 Å². The molecular formula is C13H15N5O4. The van der Waals surface area contributed by atoms with Crippen molar-refractivity contribution in [3.8, 4) is 5.88 Å². The number of anilines is 2. The number of nitrogens with two attached hydrogens (primary N) is 1. The van der Waals surface area contributed by atoms with E-state index in [1.54, 1.807) is 0 Å². The van der Waals surface area contributed by atoms with Crippen LogP contribution in [0.4, 0.5) is 16.4 Å². The number of hydrogen-bond acceptors (Lipinski definition) is 7. The highest BCUT2D eigenvalue weighted by Gasteiger charge is 2.43. The molecule has 2 aliphatic heterocycles. The molecule has 1 aliphatic carbocycles. The van der Waals surface area contributed by atoms with Crippen molar-refractivity contribution in [1.82, 2.24) is 9.97 Å². The Morgan fingerprint density at radius 1 is 1.36 bits per heavy atom. The maximum Gasteiger partial charge on any atom is 0.416 e. The SMILES string of the molecule is NC1CC(C2CN(c3cnc4c(n3)NC(=O)CO4)C(=O)O2)C1. The monoisotopic (exact) mass is 305 g/mol. The van der Waals surface area contributed by atoms with Gasteiger partial charge in [0, 0.05) is 12.0 Å². The first-order valence-electron chi connectivity index (χ1n) is 7.13. The van der Waals surface area contributed by atoms with Crippen LogP contribution in [0, 0.1) is 5.92 Å². The van der Waals surface area contributed by atoms with Gasteiger partial charge in [-0.3, -0.25) is 9.69 Å². The predicted octanol–water partition coefficient (Wildman–Crippen LogP) is -0.130. The van der Waals surface area contributed by atoms with Crippen LogP contribution in [-0.4, -0.2) is 47.3 Å². The molecule has 1 saturated heterocycles. The fourth-order valence-corrected chi connectivity index (χ4v) is 2.92. The molecule has 0 aromatic carbocycles. The normalized spacial score (nSPS) is 30.0. The van der Waals surface area contributed by atoms with Gasteiger partial charge < -0.3 is 20.5 Å². The zero-order valence-electron chi connectivity index (χ0n) is 11.7. The van der Waals surface area contributed by atoms with Crippen LogP contribution in [0.25, 0.3) is 0 Å². The third-order valence-electron chi connectivity index (χ3n) is 4.17. The van der Waals surface area contributed by atoms with Crippen LogP contribution in [0.3, 0.4) is 0 Å². The minimum absolute atomic E-state index is 0.0865. The van der Waals surface area contributed by atoms with Crippen LogP contribution in [0.15, 0.2) is 6.20 Å². The van der Waals surface area contributed by atoms with Gasteiger partial charge in [-0.1, -0.05) is 0 Å². The van der Waals surface area contributed by atoms with E-state index in [1.807, 2.05) is 0 Å². The van der Waals surface area contributed by atoms with Crippen molar-refractivity contribution < 1.29 is 19.1 Å². The molecule has 2 amide bonds. The standard InChI is InChI=1S/C13H15N5O4/c14-7-1-6(2-7)8-4-18(13(20)22-8)9-3-15-12-11(16-9)17-10(19)5-21-12/h3,6-8H,1-2,4-5,14H2,(H,16,17,19). The van der Waals surface area contributed by atoms with E-state index in [1.165, 1.54) is 11.1 Å². The van der Waals surface area contributed by atoms with Gasteiger partial charge in [0.1, 0.15) is 6.10 Å². The summed E-state index contributed by atoms with van der Waals surface area (Å²) in [7, 11) is 0. The average Bonchev–Trinajstić information content (AvgIpc) is 2.84. The van der Waals surface area contributed by atoms with E-state index in [4.69, 9.17) is 15.2 Å². The van der Waals surface area contributed by atoms with Crippen molar-refractivity contribution in [2.75, 3.05) is 23.4 Å². The summed E-state index contributed by atoms with van der Waals surface area (Å²) in [5.74, 6) is 0.802. The van der Waals surface area contributed by atoms with E-state index in [-0.39, 0.29) is 36.4 Å². The number of amides is 2. The average molecular weight is 305 g/mol. The lowest BCUT2D eigenvalue weighted by Gasteiger charge is -2.35. The number of nitrogens with one attached hydrogen (secondary N) is 1. The number of hydrogen-bond donors (Lipinski definition) is 2. The topological polar surface area (TPSA) is 120 Å². The number of rotatable bonds is 2. The van der Waals surface area contributed by atoms with Gasteiger partial charge in [0.25, 0.3) is 11.8 Å². The molecule has 4 rings (SSSR count).